The number of carbonyl (C=O) groups is 2. The zero-order chi connectivity index (χ0) is 25.7. The number of non-ortho nitro benzene ring substituents is 1. The monoisotopic (exact) mass is 615 g/mol. The number of hydrogen-bond donors (Lipinski definition) is 1. The van der Waals surface area contributed by atoms with Crippen LogP contribution in [0.2, 0.25) is 0 Å². The summed E-state index contributed by atoms with van der Waals surface area (Å²) >= 11 is 3.19. The maximum Gasteiger partial charge on any atom is 0.279 e. The molecule has 0 radical (unpaired) electrons. The average Bonchev–Trinajstić information content (AvgIpc) is 3.21. The third kappa shape index (κ3) is 6.10. The number of nitrogens with one attached hydrogen (secondary N) is 1. The number of nitro benzene ring substituents is 1. The predicted octanol–water partition coefficient (Wildman–Crippen LogP) is 5.19. The highest BCUT2D eigenvalue weighted by Crippen LogP contribution is 2.36. The smallest absolute Gasteiger partial charge is 0.279 e. The summed E-state index contributed by atoms with van der Waals surface area (Å²) in [6.07, 6.45) is 1.68. The number of nitro groups is 1. The number of halogens is 1. The van der Waals surface area contributed by atoms with E-state index in [2.05, 4.69) is 32.9 Å². The number of nitrogens with zero attached hydrogens (tertiary/aromatic N) is 2. The van der Waals surface area contributed by atoms with Crippen molar-refractivity contribution in [3.63, 3.8) is 0 Å². The van der Waals surface area contributed by atoms with Crippen molar-refractivity contribution < 1.29 is 24.0 Å². The molecule has 3 aromatic carbocycles. The van der Waals surface area contributed by atoms with E-state index in [9.17, 15) is 19.7 Å². The third-order valence-corrected chi connectivity index (χ3v) is 6.67. The molecule has 1 aliphatic heterocycles. The molecule has 11 heteroatoms. The fraction of sp³-hybridized carbons (Fsp3) is 0.0800. The molecule has 1 fully saturated rings. The topological polar surface area (TPSA) is 120 Å². The number of carbonyl (C=O) groups excluding carboxylic acids is 2. The number of aliphatic imine (C=N–C) groups is 1. The SMILES string of the molecule is COc1cc(/C=C2\SC(=NC(=O)c3ccccc3)NC2=O)cc(I)c1OCc1ccc([N+](=O)[O-])cc1. The molecule has 9 nitrogen and oxygen atoms in total. The van der Waals surface area contributed by atoms with Gasteiger partial charge in [-0.25, -0.2) is 0 Å². The van der Waals surface area contributed by atoms with Gasteiger partial charge in [0.2, 0.25) is 0 Å². The van der Waals surface area contributed by atoms with Gasteiger partial charge in [0, 0.05) is 17.7 Å². The van der Waals surface area contributed by atoms with Crippen LogP contribution in [-0.2, 0) is 11.4 Å². The largest absolute Gasteiger partial charge is 0.493 e. The van der Waals surface area contributed by atoms with Crippen LogP contribution < -0.4 is 14.8 Å². The van der Waals surface area contributed by atoms with Gasteiger partial charge in [-0.15, -0.1) is 0 Å². The van der Waals surface area contributed by atoms with Crippen LogP contribution in [0.25, 0.3) is 6.08 Å². The number of hydrogen-bond acceptors (Lipinski definition) is 7. The van der Waals surface area contributed by atoms with Crippen LogP contribution in [0.3, 0.4) is 0 Å². The Morgan fingerprint density at radius 1 is 1.17 bits per heavy atom. The molecule has 2 amide bonds. The summed E-state index contributed by atoms with van der Waals surface area (Å²) < 4.78 is 12.2. The Labute approximate surface area is 223 Å². The van der Waals surface area contributed by atoms with Crippen molar-refractivity contribution in [3.8, 4) is 11.5 Å². The normalized spacial score (nSPS) is 15.1. The van der Waals surface area contributed by atoms with E-state index in [4.69, 9.17) is 9.47 Å². The quantitative estimate of drug-likeness (QED) is 0.168. The highest BCUT2D eigenvalue weighted by molar-refractivity contribution is 14.1. The van der Waals surface area contributed by atoms with Crippen molar-refractivity contribution in [3.05, 3.63) is 102 Å². The minimum absolute atomic E-state index is 0.00903. The Bertz CT molecular complexity index is 1390. The molecule has 0 atom stereocenters. The van der Waals surface area contributed by atoms with Gasteiger partial charge in [0.05, 0.1) is 20.5 Å². The molecule has 1 saturated heterocycles. The van der Waals surface area contributed by atoms with Crippen LogP contribution in [0.15, 0.2) is 76.6 Å². The van der Waals surface area contributed by atoms with Gasteiger partial charge in [-0.1, -0.05) is 18.2 Å². The van der Waals surface area contributed by atoms with Gasteiger partial charge in [0.1, 0.15) is 6.61 Å². The van der Waals surface area contributed by atoms with Crippen molar-refractivity contribution in [2.24, 2.45) is 4.99 Å². The zero-order valence-corrected chi connectivity index (χ0v) is 21.7. The molecule has 1 heterocycles. The summed E-state index contributed by atoms with van der Waals surface area (Å²) in [6.45, 7) is 0.193. The van der Waals surface area contributed by atoms with E-state index >= 15 is 0 Å². The van der Waals surface area contributed by atoms with Crippen LogP contribution in [0.4, 0.5) is 5.69 Å². The van der Waals surface area contributed by atoms with E-state index < -0.39 is 10.8 Å². The number of amidine groups is 1. The van der Waals surface area contributed by atoms with Crippen molar-refractivity contribution in [1.82, 2.24) is 5.32 Å². The number of thioether (sulfide) groups is 1. The highest BCUT2D eigenvalue weighted by atomic mass is 127. The predicted molar refractivity (Wildman–Crippen MR) is 145 cm³/mol. The summed E-state index contributed by atoms with van der Waals surface area (Å²) in [4.78, 5) is 39.5. The second-order valence-corrected chi connectivity index (χ2v) is 9.59. The Kier molecular flexibility index (Phi) is 8.00. The van der Waals surface area contributed by atoms with Crippen LogP contribution >= 0.6 is 34.4 Å². The first-order chi connectivity index (χ1) is 17.3. The number of rotatable bonds is 7. The first-order valence-corrected chi connectivity index (χ1v) is 12.4. The molecule has 182 valence electrons. The van der Waals surface area contributed by atoms with E-state index in [-0.39, 0.29) is 23.4 Å². The van der Waals surface area contributed by atoms with E-state index in [1.54, 1.807) is 54.6 Å². The minimum atomic E-state index is -0.456. The molecular formula is C25H18IN3O6S. The second-order valence-electron chi connectivity index (χ2n) is 7.40. The highest BCUT2D eigenvalue weighted by Gasteiger charge is 2.25. The van der Waals surface area contributed by atoms with Gasteiger partial charge in [0.15, 0.2) is 16.7 Å². The van der Waals surface area contributed by atoms with Gasteiger partial charge < -0.3 is 14.8 Å². The molecule has 0 spiro atoms. The van der Waals surface area contributed by atoms with Gasteiger partial charge >= 0.3 is 0 Å². The summed E-state index contributed by atoms with van der Waals surface area (Å²) in [5, 5.41) is 13.7. The van der Waals surface area contributed by atoms with Crippen LogP contribution in [-0.4, -0.2) is 29.0 Å². The van der Waals surface area contributed by atoms with Gasteiger partial charge in [0.25, 0.3) is 17.5 Å². The molecule has 1 N–H and O–H groups in total. The maximum atomic E-state index is 12.4. The Morgan fingerprint density at radius 2 is 1.89 bits per heavy atom. The molecule has 1 aliphatic rings. The standard InChI is InChI=1S/C25H18IN3O6S/c1-34-20-12-16(11-19(26)22(20)35-14-15-7-9-18(10-8-15)29(32)33)13-21-24(31)28-25(36-21)27-23(30)17-5-3-2-4-6-17/h2-13H,14H2,1H3,(H,27,28,30,31)/b21-13-. The molecule has 3 aromatic rings. The van der Waals surface area contributed by atoms with E-state index in [1.165, 1.54) is 19.2 Å². The van der Waals surface area contributed by atoms with Crippen molar-refractivity contribution in [1.29, 1.82) is 0 Å². The Morgan fingerprint density at radius 3 is 2.56 bits per heavy atom. The lowest BCUT2D eigenvalue weighted by molar-refractivity contribution is -0.384. The first kappa shape index (κ1) is 25.4. The molecular weight excluding hydrogens is 597 g/mol. The zero-order valence-electron chi connectivity index (χ0n) is 18.8. The van der Waals surface area contributed by atoms with Crippen molar-refractivity contribution >= 4 is 63.1 Å². The molecule has 0 aliphatic carbocycles. The third-order valence-electron chi connectivity index (χ3n) is 4.95. The Balaban J connectivity index is 1.49. The van der Waals surface area contributed by atoms with Crippen LogP contribution in [0.1, 0.15) is 21.5 Å². The number of benzene rings is 3. The summed E-state index contributed by atoms with van der Waals surface area (Å²) in [5.41, 5.74) is 1.91. The number of amides is 2. The first-order valence-electron chi connectivity index (χ1n) is 10.5. The lowest BCUT2D eigenvalue weighted by atomic mass is 10.1. The van der Waals surface area contributed by atoms with E-state index in [1.807, 2.05) is 6.07 Å². The van der Waals surface area contributed by atoms with Crippen LogP contribution in [0.5, 0.6) is 11.5 Å². The van der Waals surface area contributed by atoms with Crippen molar-refractivity contribution in [2.45, 2.75) is 6.61 Å². The number of methoxy groups -OCH3 is 1. The lowest BCUT2D eigenvalue weighted by Crippen LogP contribution is -2.20. The van der Waals surface area contributed by atoms with Crippen molar-refractivity contribution in [2.75, 3.05) is 7.11 Å². The molecule has 36 heavy (non-hydrogen) atoms. The Hall–Kier alpha value is -3.71. The van der Waals surface area contributed by atoms with Gasteiger partial charge in [-0.05, 0) is 88.0 Å². The van der Waals surface area contributed by atoms with E-state index in [0.29, 0.717) is 27.5 Å². The second kappa shape index (κ2) is 11.4. The minimum Gasteiger partial charge on any atom is -0.493 e. The summed E-state index contributed by atoms with van der Waals surface area (Å²) in [7, 11) is 1.51. The number of ether oxygens (including phenoxy) is 2. The molecule has 4 rings (SSSR count). The van der Waals surface area contributed by atoms with Crippen LogP contribution in [0, 0.1) is 13.7 Å². The summed E-state index contributed by atoms with van der Waals surface area (Å²) in [6, 6.07) is 18.3. The molecule has 0 unspecified atom stereocenters. The average molecular weight is 615 g/mol. The van der Waals surface area contributed by atoms with Gasteiger partial charge in [-0.3, -0.25) is 19.7 Å². The molecule has 0 bridgehead atoms. The lowest BCUT2D eigenvalue weighted by Gasteiger charge is -2.14. The summed E-state index contributed by atoms with van der Waals surface area (Å²) in [5.74, 6) is 0.183. The maximum absolute atomic E-state index is 12.4. The molecule has 0 aromatic heterocycles. The van der Waals surface area contributed by atoms with E-state index in [0.717, 1.165) is 20.9 Å². The fourth-order valence-corrected chi connectivity index (χ4v) is 4.80. The molecule has 0 saturated carbocycles. The van der Waals surface area contributed by atoms with Gasteiger partial charge in [-0.2, -0.15) is 4.99 Å². The fourth-order valence-electron chi connectivity index (χ4n) is 3.20.